The fourth-order valence-corrected chi connectivity index (χ4v) is 0.755. The normalized spacial score (nSPS) is 10.7. The van der Waals surface area contributed by atoms with Crippen LogP contribution in [0.5, 0.6) is 0 Å². The molecule has 9 heavy (non-hydrogen) atoms. The van der Waals surface area contributed by atoms with Gasteiger partial charge in [0.1, 0.15) is 0 Å². The van der Waals surface area contributed by atoms with Crippen molar-refractivity contribution in [3.05, 3.63) is 0 Å². The maximum atomic E-state index is 5.33. The molecule has 0 aromatic heterocycles. The van der Waals surface area contributed by atoms with Crippen LogP contribution in [0.25, 0.3) is 0 Å². The van der Waals surface area contributed by atoms with Gasteiger partial charge in [-0.3, -0.25) is 0 Å². The van der Waals surface area contributed by atoms with Crippen molar-refractivity contribution in [2.24, 2.45) is 5.73 Å². The van der Waals surface area contributed by atoms with Crippen LogP contribution >= 0.6 is 0 Å². The summed E-state index contributed by atoms with van der Waals surface area (Å²) in [6.07, 6.45) is 2.60. The van der Waals surface area contributed by atoms with Crippen LogP contribution in [-0.2, 0) is 0 Å². The molecule has 0 heterocycles. The van der Waals surface area contributed by atoms with E-state index >= 15 is 0 Å². The Labute approximate surface area is 57.0 Å². The molecule has 0 amide bonds. The summed E-state index contributed by atoms with van der Waals surface area (Å²) < 4.78 is 0. The first-order valence-electron chi connectivity index (χ1n) is 3.39. The Morgan fingerprint density at radius 2 is 1.89 bits per heavy atom. The molecule has 3 nitrogen and oxygen atoms in total. The Balaban J connectivity index is 3.09. The lowest BCUT2D eigenvalue weighted by atomic mass is 10.2. The molecule has 0 aliphatic carbocycles. The van der Waals surface area contributed by atoms with Crippen LogP contribution in [0.2, 0.25) is 0 Å². The van der Waals surface area contributed by atoms with Crippen molar-refractivity contribution in [1.29, 1.82) is 0 Å². The van der Waals surface area contributed by atoms with Crippen LogP contribution in [0.15, 0.2) is 0 Å². The smallest absolute Gasteiger partial charge is 0.0567 e. The molecule has 0 fully saturated rings. The van der Waals surface area contributed by atoms with Crippen LogP contribution in [-0.4, -0.2) is 26.8 Å². The van der Waals surface area contributed by atoms with Crippen LogP contribution in [0.3, 0.4) is 0 Å². The molecule has 0 saturated heterocycles. The van der Waals surface area contributed by atoms with Crippen LogP contribution in [0.4, 0.5) is 0 Å². The third-order valence-corrected chi connectivity index (χ3v) is 1.39. The number of rotatable bonds is 5. The van der Waals surface area contributed by atoms with Crippen LogP contribution in [0, 0.1) is 0 Å². The minimum absolute atomic E-state index is 0.425. The highest BCUT2D eigenvalue weighted by molar-refractivity contribution is 4.57. The largest absolute Gasteiger partial charge is 0.330 e. The minimum atomic E-state index is 0.425. The number of nitrogens with two attached hydrogens (primary N) is 1. The summed E-state index contributed by atoms with van der Waals surface area (Å²) in [4.78, 5) is 0. The van der Waals surface area contributed by atoms with E-state index < -0.39 is 0 Å². The van der Waals surface area contributed by atoms with Crippen molar-refractivity contribution in [2.45, 2.75) is 19.0 Å². The van der Waals surface area contributed by atoms with Gasteiger partial charge in [-0.2, -0.15) is 0 Å². The molecule has 0 bridgehead atoms. The molecule has 0 rings (SSSR count). The van der Waals surface area contributed by atoms with Gasteiger partial charge in [0.05, 0.1) is 6.17 Å². The molecule has 0 spiro atoms. The average Bonchev–Trinajstić information content (AvgIpc) is 1.91. The molecule has 56 valence electrons. The zero-order chi connectivity index (χ0) is 7.11. The summed E-state index contributed by atoms with van der Waals surface area (Å²) in [6, 6.07) is 0. The van der Waals surface area contributed by atoms with Gasteiger partial charge >= 0.3 is 0 Å². The highest BCUT2D eigenvalue weighted by atomic mass is 15.1. The van der Waals surface area contributed by atoms with Crippen LogP contribution < -0.4 is 16.4 Å². The first-order chi connectivity index (χ1) is 4.35. The monoisotopic (exact) mass is 131 g/mol. The van der Waals surface area contributed by atoms with E-state index in [1.54, 1.807) is 0 Å². The topological polar surface area (TPSA) is 50.1 Å². The summed E-state index contributed by atoms with van der Waals surface area (Å²) >= 11 is 0. The fourth-order valence-electron chi connectivity index (χ4n) is 0.755. The van der Waals surface area contributed by atoms with E-state index in [1.165, 1.54) is 0 Å². The van der Waals surface area contributed by atoms with E-state index in [0.717, 1.165) is 19.4 Å². The maximum absolute atomic E-state index is 5.33. The summed E-state index contributed by atoms with van der Waals surface area (Å²) in [5, 5.41) is 6.24. The van der Waals surface area contributed by atoms with Crippen LogP contribution in [0.1, 0.15) is 12.8 Å². The first kappa shape index (κ1) is 8.88. The van der Waals surface area contributed by atoms with Crippen molar-refractivity contribution in [1.82, 2.24) is 10.6 Å². The fraction of sp³-hybridized carbons (Fsp3) is 1.00. The van der Waals surface area contributed by atoms with Gasteiger partial charge in [0.2, 0.25) is 0 Å². The van der Waals surface area contributed by atoms with E-state index in [1.807, 2.05) is 14.1 Å². The minimum Gasteiger partial charge on any atom is -0.330 e. The standard InChI is InChI=1S/C6H17N3/c1-8-6(9-2)4-3-5-7/h6,8-9H,3-5,7H2,1-2H3. The molecule has 0 atom stereocenters. The van der Waals surface area contributed by atoms with E-state index in [4.69, 9.17) is 5.73 Å². The Kier molecular flexibility index (Phi) is 5.93. The molecule has 4 N–H and O–H groups in total. The van der Waals surface area contributed by atoms with Gasteiger partial charge in [-0.05, 0) is 33.5 Å². The number of hydrogen-bond donors (Lipinski definition) is 3. The third-order valence-electron chi connectivity index (χ3n) is 1.39. The lowest BCUT2D eigenvalue weighted by Crippen LogP contribution is -2.37. The van der Waals surface area contributed by atoms with Gasteiger partial charge in [0.25, 0.3) is 0 Å². The maximum Gasteiger partial charge on any atom is 0.0567 e. The van der Waals surface area contributed by atoms with Crippen molar-refractivity contribution >= 4 is 0 Å². The van der Waals surface area contributed by atoms with E-state index in [9.17, 15) is 0 Å². The van der Waals surface area contributed by atoms with Gasteiger partial charge in [-0.25, -0.2) is 0 Å². The zero-order valence-corrected chi connectivity index (χ0v) is 6.28. The molecule has 0 radical (unpaired) electrons. The van der Waals surface area contributed by atoms with Crippen molar-refractivity contribution < 1.29 is 0 Å². The third kappa shape index (κ3) is 4.39. The predicted octanol–water partition coefficient (Wildman–Crippen LogP) is -0.510. The lowest BCUT2D eigenvalue weighted by Gasteiger charge is -2.13. The van der Waals surface area contributed by atoms with E-state index in [-0.39, 0.29) is 0 Å². The summed E-state index contributed by atoms with van der Waals surface area (Å²) in [5.74, 6) is 0. The summed E-state index contributed by atoms with van der Waals surface area (Å²) in [6.45, 7) is 0.778. The number of nitrogens with one attached hydrogen (secondary N) is 2. The molecule has 0 aliphatic rings. The SMILES string of the molecule is CNC(CCCN)NC. The Bertz CT molecular complexity index is 52.3. The second-order valence-corrected chi connectivity index (χ2v) is 2.06. The predicted molar refractivity (Wildman–Crippen MR) is 40.2 cm³/mol. The summed E-state index contributed by atoms with van der Waals surface area (Å²) in [7, 11) is 3.88. The van der Waals surface area contributed by atoms with Gasteiger partial charge in [-0.1, -0.05) is 0 Å². The Morgan fingerprint density at radius 1 is 1.33 bits per heavy atom. The average molecular weight is 131 g/mol. The summed E-state index contributed by atoms with van der Waals surface area (Å²) in [5.41, 5.74) is 5.33. The molecule has 0 saturated carbocycles. The van der Waals surface area contributed by atoms with Gasteiger partial charge < -0.3 is 16.4 Å². The second-order valence-electron chi connectivity index (χ2n) is 2.06. The van der Waals surface area contributed by atoms with E-state index in [2.05, 4.69) is 10.6 Å². The second kappa shape index (κ2) is 6.01. The molecule has 0 unspecified atom stereocenters. The highest BCUT2D eigenvalue weighted by Gasteiger charge is 1.98. The lowest BCUT2D eigenvalue weighted by molar-refractivity contribution is 0.452. The zero-order valence-electron chi connectivity index (χ0n) is 6.28. The first-order valence-corrected chi connectivity index (χ1v) is 3.39. The van der Waals surface area contributed by atoms with Gasteiger partial charge in [-0.15, -0.1) is 0 Å². The molecular formula is C6H17N3. The molecule has 0 aliphatic heterocycles. The number of hydrogen-bond acceptors (Lipinski definition) is 3. The Morgan fingerprint density at radius 3 is 2.22 bits per heavy atom. The Hall–Kier alpha value is -0.120. The quantitative estimate of drug-likeness (QED) is 0.440. The van der Waals surface area contributed by atoms with E-state index in [0.29, 0.717) is 6.17 Å². The molecular weight excluding hydrogens is 114 g/mol. The van der Waals surface area contributed by atoms with Crippen molar-refractivity contribution in [3.63, 3.8) is 0 Å². The van der Waals surface area contributed by atoms with Gasteiger partial charge in [0, 0.05) is 0 Å². The van der Waals surface area contributed by atoms with Crippen molar-refractivity contribution in [3.8, 4) is 0 Å². The molecule has 0 aromatic rings. The molecule has 3 heteroatoms. The van der Waals surface area contributed by atoms with Gasteiger partial charge in [0.15, 0.2) is 0 Å². The highest BCUT2D eigenvalue weighted by Crippen LogP contribution is 1.89. The van der Waals surface area contributed by atoms with Crippen molar-refractivity contribution in [2.75, 3.05) is 20.6 Å². The molecule has 0 aromatic carbocycles.